The average molecular weight is 303 g/mol. The summed E-state index contributed by atoms with van der Waals surface area (Å²) in [7, 11) is 0. The number of pyridine rings is 1. The largest absolute Gasteiger partial charge is 0.420 e. The zero-order valence-electron chi connectivity index (χ0n) is 10.9. The van der Waals surface area contributed by atoms with Crippen LogP contribution in [0.1, 0.15) is 28.9 Å². The van der Waals surface area contributed by atoms with E-state index in [4.69, 9.17) is 0 Å². The maximum absolute atomic E-state index is 13.3. The Hall–Kier alpha value is -1.70. The van der Waals surface area contributed by atoms with Gasteiger partial charge in [-0.3, -0.25) is 4.79 Å². The quantitative estimate of drug-likeness (QED) is 0.646. The summed E-state index contributed by atoms with van der Waals surface area (Å²) in [6.45, 7) is 0.810. The minimum absolute atomic E-state index is 0.0316. The van der Waals surface area contributed by atoms with Gasteiger partial charge in [0.1, 0.15) is 11.3 Å². The van der Waals surface area contributed by atoms with Crippen molar-refractivity contribution in [3.8, 4) is 0 Å². The molecule has 0 radical (unpaired) electrons. The first-order valence-corrected chi connectivity index (χ1v) is 6.62. The summed E-state index contributed by atoms with van der Waals surface area (Å²) in [5.41, 5.74) is -1.81. The van der Waals surface area contributed by atoms with Gasteiger partial charge in [0.2, 0.25) is 5.95 Å². The highest BCUT2D eigenvalue weighted by molar-refractivity contribution is 5.92. The third kappa shape index (κ3) is 2.72. The molecule has 114 valence electrons. The molecule has 1 saturated heterocycles. The minimum Gasteiger partial charge on any atom is -0.348 e. The van der Waals surface area contributed by atoms with Gasteiger partial charge in [0.05, 0.1) is 0 Å². The number of amides is 1. The molecule has 1 amide bonds. The molecule has 2 bridgehead atoms. The fourth-order valence-corrected chi connectivity index (χ4v) is 3.03. The molecule has 0 aromatic carbocycles. The number of hydrogen-bond donors (Lipinski definition) is 2. The molecule has 3 rings (SSSR count). The molecule has 2 aliphatic rings. The van der Waals surface area contributed by atoms with Crippen LogP contribution in [0.25, 0.3) is 0 Å². The third-order valence-electron chi connectivity index (χ3n) is 4.07. The summed E-state index contributed by atoms with van der Waals surface area (Å²) < 4.78 is 50.6. The fraction of sp³-hybridized carbons (Fsp3) is 0.538. The summed E-state index contributed by atoms with van der Waals surface area (Å²) in [5, 5.41) is 6.00. The molecule has 21 heavy (non-hydrogen) atoms. The molecule has 2 fully saturated rings. The number of piperidine rings is 1. The monoisotopic (exact) mass is 303 g/mol. The number of halogens is 4. The minimum atomic E-state index is -4.82. The highest BCUT2D eigenvalue weighted by atomic mass is 19.4. The first-order chi connectivity index (χ1) is 9.84. The normalized spacial score (nSPS) is 27.9. The molecule has 3 unspecified atom stereocenters. The van der Waals surface area contributed by atoms with Gasteiger partial charge >= 0.3 is 6.18 Å². The van der Waals surface area contributed by atoms with Gasteiger partial charge in [-0.2, -0.15) is 17.6 Å². The van der Waals surface area contributed by atoms with E-state index in [0.717, 1.165) is 25.5 Å². The summed E-state index contributed by atoms with van der Waals surface area (Å²) in [6.07, 6.45) is -3.07. The third-order valence-corrected chi connectivity index (χ3v) is 4.07. The molecule has 2 heterocycles. The molecular formula is C13H13F4N3O. The van der Waals surface area contributed by atoms with Crippen LogP contribution in [-0.4, -0.2) is 29.5 Å². The second-order valence-corrected chi connectivity index (χ2v) is 5.45. The van der Waals surface area contributed by atoms with Crippen molar-refractivity contribution in [1.29, 1.82) is 0 Å². The summed E-state index contributed by atoms with van der Waals surface area (Å²) in [6, 6.07) is 1.78. The lowest BCUT2D eigenvalue weighted by Gasteiger charge is -2.23. The summed E-state index contributed by atoms with van der Waals surface area (Å²) in [5.74, 6) is -2.00. The zero-order chi connectivity index (χ0) is 15.2. The molecule has 1 aliphatic carbocycles. The van der Waals surface area contributed by atoms with Crippen molar-refractivity contribution in [2.45, 2.75) is 31.1 Å². The Bertz CT molecular complexity index is 575. The Balaban J connectivity index is 1.72. The van der Waals surface area contributed by atoms with E-state index >= 15 is 0 Å². The fourth-order valence-electron chi connectivity index (χ4n) is 3.03. The van der Waals surface area contributed by atoms with Crippen LogP contribution >= 0.6 is 0 Å². The van der Waals surface area contributed by atoms with Gasteiger partial charge in [0.25, 0.3) is 5.91 Å². The van der Waals surface area contributed by atoms with Crippen molar-refractivity contribution >= 4 is 5.91 Å². The van der Waals surface area contributed by atoms with E-state index in [-0.39, 0.29) is 11.7 Å². The van der Waals surface area contributed by atoms with Gasteiger partial charge in [-0.25, -0.2) is 4.98 Å². The standard InChI is InChI=1S/C13H13F4N3O/c14-11-8(13(15,16)17)1-2-9(19-11)12(21)20-10-4-7-3-6(10)5-18-7/h1-2,6-7,10,18H,3-5H2,(H,20,21). The summed E-state index contributed by atoms with van der Waals surface area (Å²) in [4.78, 5) is 15.1. The topological polar surface area (TPSA) is 54.0 Å². The number of aromatic nitrogens is 1. The zero-order valence-corrected chi connectivity index (χ0v) is 10.9. The van der Waals surface area contributed by atoms with Crippen LogP contribution in [0.3, 0.4) is 0 Å². The number of nitrogens with zero attached hydrogens (tertiary/aromatic N) is 1. The smallest absolute Gasteiger partial charge is 0.348 e. The Morgan fingerprint density at radius 3 is 2.62 bits per heavy atom. The number of hydrogen-bond acceptors (Lipinski definition) is 3. The number of alkyl halides is 3. The molecule has 8 heteroatoms. The van der Waals surface area contributed by atoms with E-state index < -0.39 is 23.6 Å². The van der Waals surface area contributed by atoms with Gasteiger partial charge in [0, 0.05) is 18.6 Å². The van der Waals surface area contributed by atoms with E-state index in [1.807, 2.05) is 0 Å². The predicted octanol–water partition coefficient (Wildman–Crippen LogP) is 1.72. The number of fused-ring (bicyclic) bond motifs is 2. The number of carbonyl (C=O) groups excluding carboxylic acids is 1. The van der Waals surface area contributed by atoms with E-state index in [1.165, 1.54) is 0 Å². The highest BCUT2D eigenvalue weighted by Gasteiger charge is 2.40. The van der Waals surface area contributed by atoms with E-state index in [9.17, 15) is 22.4 Å². The van der Waals surface area contributed by atoms with Crippen molar-refractivity contribution in [2.75, 3.05) is 6.54 Å². The van der Waals surface area contributed by atoms with Crippen molar-refractivity contribution in [2.24, 2.45) is 5.92 Å². The molecule has 1 aromatic rings. The molecule has 3 atom stereocenters. The lowest BCUT2D eigenvalue weighted by molar-refractivity contribution is -0.140. The van der Waals surface area contributed by atoms with Crippen LogP contribution in [0.5, 0.6) is 0 Å². The van der Waals surface area contributed by atoms with Crippen molar-refractivity contribution in [3.63, 3.8) is 0 Å². The van der Waals surface area contributed by atoms with Gasteiger partial charge in [-0.05, 0) is 30.9 Å². The van der Waals surface area contributed by atoms with Gasteiger partial charge in [0.15, 0.2) is 0 Å². The van der Waals surface area contributed by atoms with Crippen LogP contribution in [0.15, 0.2) is 12.1 Å². The first-order valence-electron chi connectivity index (χ1n) is 6.62. The Kier molecular flexibility index (Phi) is 3.35. The van der Waals surface area contributed by atoms with Crippen molar-refractivity contribution < 1.29 is 22.4 Å². The highest BCUT2D eigenvalue weighted by Crippen LogP contribution is 2.32. The number of nitrogens with one attached hydrogen (secondary N) is 2. The molecule has 1 saturated carbocycles. The molecule has 4 nitrogen and oxygen atoms in total. The molecule has 1 aliphatic heterocycles. The van der Waals surface area contributed by atoms with Crippen LogP contribution < -0.4 is 10.6 Å². The van der Waals surface area contributed by atoms with Gasteiger partial charge in [-0.1, -0.05) is 0 Å². The van der Waals surface area contributed by atoms with Crippen LogP contribution in [-0.2, 0) is 6.18 Å². The van der Waals surface area contributed by atoms with Gasteiger partial charge < -0.3 is 10.6 Å². The molecule has 0 spiro atoms. The molecular weight excluding hydrogens is 290 g/mol. The van der Waals surface area contributed by atoms with E-state index in [0.29, 0.717) is 18.0 Å². The molecule has 1 aromatic heterocycles. The lowest BCUT2D eigenvalue weighted by Crippen LogP contribution is -2.44. The van der Waals surface area contributed by atoms with Crippen LogP contribution in [0.4, 0.5) is 17.6 Å². The number of carbonyl (C=O) groups is 1. The van der Waals surface area contributed by atoms with Crippen LogP contribution in [0.2, 0.25) is 0 Å². The summed E-state index contributed by atoms with van der Waals surface area (Å²) >= 11 is 0. The maximum atomic E-state index is 13.3. The second-order valence-electron chi connectivity index (χ2n) is 5.45. The lowest BCUT2D eigenvalue weighted by atomic mass is 10.0. The Morgan fingerprint density at radius 1 is 1.33 bits per heavy atom. The predicted molar refractivity (Wildman–Crippen MR) is 65.0 cm³/mol. The Labute approximate surface area is 117 Å². The van der Waals surface area contributed by atoms with Crippen molar-refractivity contribution in [3.05, 3.63) is 29.3 Å². The van der Waals surface area contributed by atoms with E-state index in [1.54, 1.807) is 0 Å². The van der Waals surface area contributed by atoms with Crippen LogP contribution in [0, 0.1) is 11.9 Å². The average Bonchev–Trinajstić information content (AvgIpc) is 2.99. The maximum Gasteiger partial charge on any atom is 0.420 e. The number of rotatable bonds is 2. The SMILES string of the molecule is O=C(NC1CC2CC1CN2)c1ccc(C(F)(F)F)c(F)n1. The molecule has 2 N–H and O–H groups in total. The van der Waals surface area contributed by atoms with Crippen molar-refractivity contribution in [1.82, 2.24) is 15.6 Å². The Morgan fingerprint density at radius 2 is 2.10 bits per heavy atom. The van der Waals surface area contributed by atoms with E-state index in [2.05, 4.69) is 15.6 Å². The first kappa shape index (κ1) is 14.2. The second kappa shape index (κ2) is 4.94. The van der Waals surface area contributed by atoms with Gasteiger partial charge in [-0.15, -0.1) is 0 Å².